The fourth-order valence-electron chi connectivity index (χ4n) is 3.53. The van der Waals surface area contributed by atoms with Gasteiger partial charge >= 0.3 is 5.57 Å². The molecule has 0 bridgehead atoms. The number of rotatable bonds is 7. The lowest BCUT2D eigenvalue weighted by molar-refractivity contribution is -0.0964. The van der Waals surface area contributed by atoms with Crippen LogP contribution in [-0.4, -0.2) is 40.8 Å². The number of ether oxygens (including phenoxy) is 1. The number of β-amino-alcohol motifs (C(OH)–C–C–N with tert-alkyl or cyclic N) is 1. The van der Waals surface area contributed by atoms with E-state index in [1.165, 1.54) is 48.7 Å². The summed E-state index contributed by atoms with van der Waals surface area (Å²) in [5.41, 5.74) is -2.41. The van der Waals surface area contributed by atoms with Gasteiger partial charge in [-0.1, -0.05) is 11.6 Å². The number of nitrogens with one attached hydrogen (secondary N) is 2. The molecule has 1 atom stereocenters. The Morgan fingerprint density at radius 3 is 2.51 bits per heavy atom. The number of aromatic nitrogens is 1. The van der Waals surface area contributed by atoms with Crippen LogP contribution < -0.4 is 20.3 Å². The van der Waals surface area contributed by atoms with Crippen molar-refractivity contribution in [1.29, 1.82) is 0 Å². The van der Waals surface area contributed by atoms with Crippen LogP contribution in [0.4, 0.5) is 36.1 Å². The molecule has 184 valence electrons. The molecular weight excluding hydrogens is 508 g/mol. The molecule has 1 unspecified atom stereocenters. The van der Waals surface area contributed by atoms with Gasteiger partial charge in [0.25, 0.3) is 5.91 Å². The average molecular weight is 527 g/mol. The van der Waals surface area contributed by atoms with Crippen molar-refractivity contribution in [3.8, 4) is 5.75 Å². The highest BCUT2D eigenvalue weighted by Crippen LogP contribution is 2.32. The second-order valence-electron chi connectivity index (χ2n) is 7.76. The lowest BCUT2D eigenvalue weighted by Crippen LogP contribution is -2.24. The van der Waals surface area contributed by atoms with Crippen molar-refractivity contribution in [3.05, 3.63) is 71.1 Å². The lowest BCUT2D eigenvalue weighted by atomic mass is 10.2. The first-order chi connectivity index (χ1) is 16.6. The number of carbonyl (C=O) groups excluding carboxylic acids is 1. The number of amides is 1. The molecule has 35 heavy (non-hydrogen) atoms. The van der Waals surface area contributed by atoms with E-state index in [9.17, 15) is 23.1 Å². The zero-order valence-electron chi connectivity index (χ0n) is 17.9. The molecule has 3 aromatic rings. The molecule has 1 aromatic heterocycles. The Kier molecular flexibility index (Phi) is 7.25. The van der Waals surface area contributed by atoms with Gasteiger partial charge in [-0.25, -0.2) is 9.37 Å². The van der Waals surface area contributed by atoms with Crippen LogP contribution in [0.25, 0.3) is 0 Å². The number of hydrogen-bond acceptors (Lipinski definition) is 6. The summed E-state index contributed by atoms with van der Waals surface area (Å²) in [7, 11) is 0. The molecule has 0 saturated carbocycles. The third kappa shape index (κ3) is 6.47. The van der Waals surface area contributed by atoms with Gasteiger partial charge in [0, 0.05) is 42.3 Å². The number of benzene rings is 2. The summed E-state index contributed by atoms with van der Waals surface area (Å²) in [4.78, 5) is 19.1. The van der Waals surface area contributed by atoms with Crippen LogP contribution >= 0.6 is 23.2 Å². The van der Waals surface area contributed by atoms with Crippen molar-refractivity contribution < 1.29 is 27.8 Å². The van der Waals surface area contributed by atoms with Crippen LogP contribution in [-0.2, 0) is 0 Å². The highest BCUT2D eigenvalue weighted by atomic mass is 35.5. The minimum Gasteiger partial charge on any atom is -0.420 e. The van der Waals surface area contributed by atoms with Crippen LogP contribution in [0.1, 0.15) is 16.8 Å². The number of aliphatic hydroxyl groups is 1. The summed E-state index contributed by atoms with van der Waals surface area (Å²) in [5.74, 6) is -0.757. The molecule has 0 spiro atoms. The summed E-state index contributed by atoms with van der Waals surface area (Å²) in [6.07, 6.45) is 1.45. The molecule has 0 aliphatic carbocycles. The maximum atomic E-state index is 13.6. The van der Waals surface area contributed by atoms with Gasteiger partial charge in [0.05, 0.1) is 22.4 Å². The quantitative estimate of drug-likeness (QED) is 0.347. The normalized spacial score (nSPS) is 15.7. The van der Waals surface area contributed by atoms with E-state index < -0.39 is 23.4 Å². The Balaban J connectivity index is 1.57. The number of halogens is 5. The standard InChI is InChI=1S/C23H19Cl2F3N4O3/c24-18-10-15(3-6-19(18)26)30-20-9-13(11-29-21(20)32-8-7-16(33)12-32)22(34)31-14-1-4-17(5-2-14)35-23(25,27)28/h1-6,9-11,16,30,33H,7-8,12H2,(H,31,34). The fourth-order valence-corrected chi connectivity index (χ4v) is 3.80. The summed E-state index contributed by atoms with van der Waals surface area (Å²) in [5, 5.41) is 15.6. The third-order valence-electron chi connectivity index (χ3n) is 5.14. The molecule has 4 rings (SSSR count). The van der Waals surface area contributed by atoms with Crippen LogP contribution in [0.5, 0.6) is 5.75 Å². The second kappa shape index (κ2) is 10.2. The molecule has 0 radical (unpaired) electrons. The number of anilines is 4. The Morgan fingerprint density at radius 2 is 1.89 bits per heavy atom. The zero-order valence-corrected chi connectivity index (χ0v) is 19.5. The third-order valence-corrected chi connectivity index (χ3v) is 5.50. The fraction of sp³-hybridized carbons (Fsp3) is 0.217. The molecule has 1 fully saturated rings. The smallest absolute Gasteiger partial charge is 0.420 e. The van der Waals surface area contributed by atoms with Crippen molar-refractivity contribution in [3.63, 3.8) is 0 Å². The number of hydrogen-bond donors (Lipinski definition) is 3. The molecule has 12 heteroatoms. The van der Waals surface area contributed by atoms with Gasteiger partial charge in [0.2, 0.25) is 0 Å². The van der Waals surface area contributed by atoms with Crippen LogP contribution in [0.15, 0.2) is 54.7 Å². The largest absolute Gasteiger partial charge is 0.487 e. The van der Waals surface area contributed by atoms with Crippen molar-refractivity contribution in [2.24, 2.45) is 0 Å². The Bertz CT molecular complexity index is 1230. The van der Waals surface area contributed by atoms with Crippen molar-refractivity contribution in [2.45, 2.75) is 18.1 Å². The van der Waals surface area contributed by atoms with Gasteiger partial charge in [-0.2, -0.15) is 0 Å². The molecule has 1 amide bonds. The predicted molar refractivity (Wildman–Crippen MR) is 128 cm³/mol. The number of pyridine rings is 1. The van der Waals surface area contributed by atoms with E-state index in [1.807, 2.05) is 4.90 Å². The minimum absolute atomic E-state index is 0.0747. The molecule has 3 N–H and O–H groups in total. The van der Waals surface area contributed by atoms with Gasteiger partial charge in [0.15, 0.2) is 5.82 Å². The molecular formula is C23H19Cl2F3N4O3. The van der Waals surface area contributed by atoms with E-state index in [4.69, 9.17) is 23.2 Å². The number of alkyl halides is 3. The lowest BCUT2D eigenvalue weighted by Gasteiger charge is -2.21. The predicted octanol–water partition coefficient (Wildman–Crippen LogP) is 5.61. The molecule has 7 nitrogen and oxygen atoms in total. The SMILES string of the molecule is O=C(Nc1ccc(OC(F)(F)Cl)cc1)c1cnc(N2CCC(O)C2)c(Nc2ccc(F)c(Cl)c2)c1. The van der Waals surface area contributed by atoms with Crippen LogP contribution in [0.3, 0.4) is 0 Å². The van der Waals surface area contributed by atoms with Gasteiger partial charge in [0.1, 0.15) is 11.6 Å². The van der Waals surface area contributed by atoms with E-state index in [-0.39, 0.29) is 16.3 Å². The topological polar surface area (TPSA) is 86.7 Å². The van der Waals surface area contributed by atoms with Crippen molar-refractivity contribution in [1.82, 2.24) is 4.98 Å². The van der Waals surface area contributed by atoms with Gasteiger partial charge < -0.3 is 25.4 Å². The first-order valence-electron chi connectivity index (χ1n) is 10.4. The highest BCUT2D eigenvalue weighted by Gasteiger charge is 2.27. The van der Waals surface area contributed by atoms with E-state index in [2.05, 4.69) is 20.4 Å². The maximum absolute atomic E-state index is 13.6. The molecule has 2 aromatic carbocycles. The van der Waals surface area contributed by atoms with E-state index in [1.54, 1.807) is 6.07 Å². The Labute approximate surface area is 208 Å². The minimum atomic E-state index is -3.85. The van der Waals surface area contributed by atoms with Crippen molar-refractivity contribution >= 4 is 52.0 Å². The Morgan fingerprint density at radius 1 is 1.17 bits per heavy atom. The summed E-state index contributed by atoms with van der Waals surface area (Å²) in [6, 6.07) is 10.9. The first kappa shape index (κ1) is 24.9. The van der Waals surface area contributed by atoms with Gasteiger partial charge in [-0.15, -0.1) is 8.78 Å². The molecule has 2 heterocycles. The van der Waals surface area contributed by atoms with Crippen LogP contribution in [0.2, 0.25) is 5.02 Å². The monoisotopic (exact) mass is 526 g/mol. The van der Waals surface area contributed by atoms with Gasteiger partial charge in [-0.3, -0.25) is 4.79 Å². The summed E-state index contributed by atoms with van der Waals surface area (Å²) < 4.78 is 43.3. The van der Waals surface area contributed by atoms with Crippen molar-refractivity contribution in [2.75, 3.05) is 28.6 Å². The van der Waals surface area contributed by atoms with E-state index in [0.29, 0.717) is 42.4 Å². The molecule has 1 saturated heterocycles. The Hall–Kier alpha value is -3.21. The number of aliphatic hydroxyl groups excluding tert-OH is 1. The number of carbonyl (C=O) groups is 1. The van der Waals surface area contributed by atoms with E-state index in [0.717, 1.165) is 0 Å². The summed E-state index contributed by atoms with van der Waals surface area (Å²) >= 11 is 10.6. The highest BCUT2D eigenvalue weighted by molar-refractivity contribution is 6.31. The van der Waals surface area contributed by atoms with E-state index >= 15 is 0 Å². The maximum Gasteiger partial charge on any atom is 0.487 e. The zero-order chi connectivity index (χ0) is 25.2. The second-order valence-corrected chi connectivity index (χ2v) is 8.61. The summed E-state index contributed by atoms with van der Waals surface area (Å²) in [6.45, 7) is 0.932. The first-order valence-corrected chi connectivity index (χ1v) is 11.2. The molecule has 1 aliphatic rings. The number of nitrogens with zero attached hydrogens (tertiary/aromatic N) is 2. The average Bonchev–Trinajstić information content (AvgIpc) is 3.22. The molecule has 1 aliphatic heterocycles. The van der Waals surface area contributed by atoms with Crippen LogP contribution in [0, 0.1) is 5.82 Å². The van der Waals surface area contributed by atoms with Gasteiger partial charge in [-0.05, 0) is 55.0 Å².